The summed E-state index contributed by atoms with van der Waals surface area (Å²) in [6.07, 6.45) is -1.13. The molecule has 0 fully saturated rings. The van der Waals surface area contributed by atoms with Gasteiger partial charge in [-0.2, -0.15) is 0 Å². The maximum Gasteiger partial charge on any atom is 0.340 e. The molecule has 20 heavy (non-hydrogen) atoms. The van der Waals surface area contributed by atoms with Crippen molar-refractivity contribution in [2.45, 2.75) is 20.0 Å². The lowest BCUT2D eigenvalue weighted by molar-refractivity contribution is -0.130. The lowest BCUT2D eigenvalue weighted by Gasteiger charge is -2.20. The molecule has 0 bridgehead atoms. The summed E-state index contributed by atoms with van der Waals surface area (Å²) in [4.78, 5) is 34.4. The standard InChI is InChI=1S/C13H15ClN2O4/c1-7(2)10(11(17)16-13(15)19)20-12(18)8-5-3-4-6-9(8)14/h3-7,10H,1-2H3,(H3,15,16,17,19)/t10-/m1/s1. The Bertz CT molecular complexity index is 531. The Morgan fingerprint density at radius 3 is 2.35 bits per heavy atom. The molecule has 0 aliphatic carbocycles. The molecule has 0 saturated heterocycles. The van der Waals surface area contributed by atoms with E-state index in [1.165, 1.54) is 12.1 Å². The molecule has 1 rings (SSSR count). The van der Waals surface area contributed by atoms with Gasteiger partial charge in [0.2, 0.25) is 0 Å². The molecule has 0 spiro atoms. The minimum absolute atomic E-state index is 0.145. The number of rotatable bonds is 4. The zero-order valence-corrected chi connectivity index (χ0v) is 11.8. The number of nitrogens with two attached hydrogens (primary N) is 1. The number of carbonyl (C=O) groups excluding carboxylic acids is 3. The van der Waals surface area contributed by atoms with Gasteiger partial charge in [0, 0.05) is 0 Å². The van der Waals surface area contributed by atoms with Crippen LogP contribution in [0.15, 0.2) is 24.3 Å². The SMILES string of the molecule is CC(C)[C@@H](OC(=O)c1ccccc1Cl)C(=O)NC(N)=O. The first-order valence-corrected chi connectivity index (χ1v) is 6.26. The fourth-order valence-electron chi connectivity index (χ4n) is 1.49. The predicted molar refractivity (Wildman–Crippen MR) is 73.2 cm³/mol. The number of primary amides is 1. The van der Waals surface area contributed by atoms with E-state index < -0.39 is 24.0 Å². The molecule has 0 saturated carbocycles. The highest BCUT2D eigenvalue weighted by Crippen LogP contribution is 2.18. The van der Waals surface area contributed by atoms with Crippen LogP contribution in [0.2, 0.25) is 5.02 Å². The van der Waals surface area contributed by atoms with E-state index in [1.807, 2.05) is 5.32 Å². The lowest BCUT2D eigenvalue weighted by Crippen LogP contribution is -2.45. The average Bonchev–Trinajstić information content (AvgIpc) is 2.34. The third kappa shape index (κ3) is 4.24. The number of imide groups is 1. The van der Waals surface area contributed by atoms with Gasteiger partial charge in [0.05, 0.1) is 10.6 Å². The zero-order valence-electron chi connectivity index (χ0n) is 11.1. The van der Waals surface area contributed by atoms with Crippen LogP contribution in [0.4, 0.5) is 4.79 Å². The van der Waals surface area contributed by atoms with Gasteiger partial charge in [0.25, 0.3) is 5.91 Å². The number of nitrogens with one attached hydrogen (secondary N) is 1. The fraction of sp³-hybridized carbons (Fsp3) is 0.308. The third-order valence-corrected chi connectivity index (χ3v) is 2.77. The van der Waals surface area contributed by atoms with Crippen LogP contribution in [-0.4, -0.2) is 24.0 Å². The molecule has 0 aliphatic heterocycles. The summed E-state index contributed by atoms with van der Waals surface area (Å²) in [5.41, 5.74) is 5.01. The first-order valence-electron chi connectivity index (χ1n) is 5.88. The van der Waals surface area contributed by atoms with Crippen LogP contribution in [0.5, 0.6) is 0 Å². The van der Waals surface area contributed by atoms with Crippen LogP contribution >= 0.6 is 11.6 Å². The van der Waals surface area contributed by atoms with Gasteiger partial charge in [-0.05, 0) is 18.1 Å². The van der Waals surface area contributed by atoms with Gasteiger partial charge in [-0.15, -0.1) is 0 Å². The maximum absolute atomic E-state index is 12.0. The van der Waals surface area contributed by atoms with Crippen molar-refractivity contribution < 1.29 is 19.1 Å². The highest BCUT2D eigenvalue weighted by molar-refractivity contribution is 6.33. The topological polar surface area (TPSA) is 98.5 Å². The number of benzene rings is 1. The average molecular weight is 299 g/mol. The monoisotopic (exact) mass is 298 g/mol. The van der Waals surface area contributed by atoms with E-state index in [4.69, 9.17) is 22.1 Å². The number of amides is 3. The molecule has 3 amide bonds. The molecule has 6 nitrogen and oxygen atoms in total. The number of urea groups is 1. The minimum Gasteiger partial charge on any atom is -0.448 e. The van der Waals surface area contributed by atoms with Crippen molar-refractivity contribution >= 4 is 29.5 Å². The smallest absolute Gasteiger partial charge is 0.340 e. The molecule has 0 radical (unpaired) electrons. The number of hydrogen-bond donors (Lipinski definition) is 2. The Kier molecular flexibility index (Phi) is 5.52. The van der Waals surface area contributed by atoms with E-state index in [0.29, 0.717) is 0 Å². The van der Waals surface area contributed by atoms with Crippen molar-refractivity contribution in [1.82, 2.24) is 5.32 Å². The van der Waals surface area contributed by atoms with Crippen LogP contribution in [-0.2, 0) is 9.53 Å². The van der Waals surface area contributed by atoms with Crippen molar-refractivity contribution in [3.63, 3.8) is 0 Å². The molecule has 1 atom stereocenters. The minimum atomic E-state index is -1.13. The summed E-state index contributed by atoms with van der Waals surface area (Å²) in [7, 11) is 0. The highest BCUT2D eigenvalue weighted by atomic mass is 35.5. The first-order chi connectivity index (χ1) is 9.32. The van der Waals surface area contributed by atoms with E-state index in [2.05, 4.69) is 0 Å². The van der Waals surface area contributed by atoms with Gasteiger partial charge >= 0.3 is 12.0 Å². The van der Waals surface area contributed by atoms with E-state index in [1.54, 1.807) is 26.0 Å². The highest BCUT2D eigenvalue weighted by Gasteiger charge is 2.28. The van der Waals surface area contributed by atoms with E-state index in [0.717, 1.165) is 0 Å². The number of hydrogen-bond acceptors (Lipinski definition) is 4. The molecule has 108 valence electrons. The molecule has 0 unspecified atom stereocenters. The van der Waals surface area contributed by atoms with Gasteiger partial charge in [-0.25, -0.2) is 9.59 Å². The van der Waals surface area contributed by atoms with Crippen LogP contribution in [0.3, 0.4) is 0 Å². The fourth-order valence-corrected chi connectivity index (χ4v) is 1.70. The summed E-state index contributed by atoms with van der Waals surface area (Å²) in [6.45, 7) is 3.34. The Balaban J connectivity index is 2.86. The van der Waals surface area contributed by atoms with E-state index >= 15 is 0 Å². The third-order valence-electron chi connectivity index (χ3n) is 2.44. The summed E-state index contributed by atoms with van der Waals surface area (Å²) < 4.78 is 5.10. The van der Waals surface area contributed by atoms with E-state index in [9.17, 15) is 14.4 Å². The molecular weight excluding hydrogens is 284 g/mol. The summed E-state index contributed by atoms with van der Waals surface area (Å²) in [5, 5.41) is 2.10. The quantitative estimate of drug-likeness (QED) is 0.827. The summed E-state index contributed by atoms with van der Waals surface area (Å²) >= 11 is 5.87. The van der Waals surface area contributed by atoms with Crippen LogP contribution in [0, 0.1) is 5.92 Å². The molecule has 3 N–H and O–H groups in total. The molecule has 0 aromatic heterocycles. The van der Waals surface area contributed by atoms with Gasteiger partial charge in [0.1, 0.15) is 0 Å². The van der Waals surface area contributed by atoms with Crippen molar-refractivity contribution in [3.05, 3.63) is 34.9 Å². The lowest BCUT2D eigenvalue weighted by atomic mass is 10.1. The molecule has 0 aliphatic rings. The second kappa shape index (κ2) is 6.91. The molecular formula is C13H15ClN2O4. The Hall–Kier alpha value is -2.08. The Morgan fingerprint density at radius 2 is 1.85 bits per heavy atom. The van der Waals surface area contributed by atoms with Gasteiger partial charge < -0.3 is 10.5 Å². The maximum atomic E-state index is 12.0. The Labute approximate surface area is 121 Å². The molecule has 0 heterocycles. The van der Waals surface area contributed by atoms with Crippen LogP contribution in [0.1, 0.15) is 24.2 Å². The van der Waals surface area contributed by atoms with Crippen molar-refractivity contribution in [1.29, 1.82) is 0 Å². The zero-order chi connectivity index (χ0) is 15.3. The van der Waals surface area contributed by atoms with Crippen LogP contribution < -0.4 is 11.1 Å². The summed E-state index contributed by atoms with van der Waals surface area (Å²) in [5.74, 6) is -1.84. The second-order valence-corrected chi connectivity index (χ2v) is 4.81. The molecule has 1 aromatic carbocycles. The van der Waals surface area contributed by atoms with Gasteiger partial charge in [-0.1, -0.05) is 37.6 Å². The van der Waals surface area contributed by atoms with Crippen LogP contribution in [0.25, 0.3) is 0 Å². The van der Waals surface area contributed by atoms with Gasteiger partial charge in [0.15, 0.2) is 6.10 Å². The predicted octanol–water partition coefficient (Wildman–Crippen LogP) is 1.72. The number of esters is 1. The van der Waals surface area contributed by atoms with Gasteiger partial charge in [-0.3, -0.25) is 10.1 Å². The largest absolute Gasteiger partial charge is 0.448 e. The van der Waals surface area contributed by atoms with Crippen molar-refractivity contribution in [2.24, 2.45) is 11.7 Å². The Morgan fingerprint density at radius 1 is 1.25 bits per heavy atom. The molecule has 7 heteroatoms. The van der Waals surface area contributed by atoms with Crippen molar-refractivity contribution in [2.75, 3.05) is 0 Å². The number of halogens is 1. The molecule has 1 aromatic rings. The van der Waals surface area contributed by atoms with E-state index in [-0.39, 0.29) is 16.5 Å². The number of carbonyl (C=O) groups is 3. The normalized spacial score (nSPS) is 11.8. The van der Waals surface area contributed by atoms with Crippen molar-refractivity contribution in [3.8, 4) is 0 Å². The second-order valence-electron chi connectivity index (χ2n) is 4.40. The summed E-state index contributed by atoms with van der Waals surface area (Å²) in [6, 6.07) is 5.30. The first kappa shape index (κ1) is 16.0. The number of ether oxygens (including phenoxy) is 1.